The van der Waals surface area contributed by atoms with Crippen LogP contribution in [0.1, 0.15) is 41.3 Å². The van der Waals surface area contributed by atoms with E-state index in [9.17, 15) is 9.90 Å². The number of hydrogen-bond acceptors (Lipinski definition) is 4. The van der Waals surface area contributed by atoms with Gasteiger partial charge in [0, 0.05) is 11.3 Å². The predicted octanol–water partition coefficient (Wildman–Crippen LogP) is 5.54. The van der Waals surface area contributed by atoms with E-state index in [2.05, 4.69) is 31.9 Å². The van der Waals surface area contributed by atoms with Gasteiger partial charge in [0.1, 0.15) is 11.5 Å². The lowest BCUT2D eigenvalue weighted by molar-refractivity contribution is 0.112. The van der Waals surface area contributed by atoms with E-state index >= 15 is 0 Å². The number of phenolic OH excluding ortho intramolecular Hbond substituents is 1. The minimum absolute atomic E-state index is 0.00559. The molecule has 0 saturated carbocycles. The minimum atomic E-state index is -0.00559. The van der Waals surface area contributed by atoms with Gasteiger partial charge >= 0.3 is 0 Å². The number of rotatable bonds is 4. The normalized spacial score (nSPS) is 10.9. The first-order valence-corrected chi connectivity index (χ1v) is 8.58. The van der Waals surface area contributed by atoms with E-state index in [1.807, 2.05) is 20.8 Å². The van der Waals surface area contributed by atoms with Crippen molar-refractivity contribution in [2.24, 2.45) is 0 Å². The molecule has 2 aromatic rings. The third kappa shape index (κ3) is 3.53. The van der Waals surface area contributed by atoms with Crippen LogP contribution in [0.25, 0.3) is 0 Å². The van der Waals surface area contributed by atoms with Crippen LogP contribution in [-0.2, 0) is 0 Å². The van der Waals surface area contributed by atoms with Gasteiger partial charge in [0.25, 0.3) is 0 Å². The summed E-state index contributed by atoms with van der Waals surface area (Å²) in [6, 6.07) is 5.01. The zero-order chi connectivity index (χ0) is 17.3. The van der Waals surface area contributed by atoms with Crippen molar-refractivity contribution in [1.82, 2.24) is 0 Å². The summed E-state index contributed by atoms with van der Waals surface area (Å²) in [5.41, 5.74) is 8.27. The van der Waals surface area contributed by atoms with Crippen LogP contribution in [0.4, 0.5) is 5.69 Å². The largest absolute Gasteiger partial charge is 0.507 e. The maximum Gasteiger partial charge on any atom is 0.156 e. The summed E-state index contributed by atoms with van der Waals surface area (Å²) in [6.07, 6.45) is 0.617. The highest BCUT2D eigenvalue weighted by molar-refractivity contribution is 9.11. The Balaban J connectivity index is 2.55. The SMILES string of the molecule is Cc1c(N)cc(Br)c(Oc2cc(C=O)c(O)c(C(C)C)c2)c1Br. The third-order valence-electron chi connectivity index (χ3n) is 3.57. The van der Waals surface area contributed by atoms with Gasteiger partial charge in [-0.2, -0.15) is 0 Å². The van der Waals surface area contributed by atoms with E-state index in [-0.39, 0.29) is 17.2 Å². The molecule has 0 radical (unpaired) electrons. The summed E-state index contributed by atoms with van der Waals surface area (Å²) in [4.78, 5) is 11.2. The Hall–Kier alpha value is -1.53. The van der Waals surface area contributed by atoms with Gasteiger partial charge in [-0.1, -0.05) is 13.8 Å². The smallest absolute Gasteiger partial charge is 0.156 e. The Morgan fingerprint density at radius 2 is 1.91 bits per heavy atom. The Morgan fingerprint density at radius 3 is 2.48 bits per heavy atom. The number of nitrogen functional groups attached to an aromatic ring is 1. The van der Waals surface area contributed by atoms with E-state index in [0.717, 1.165) is 10.0 Å². The quantitative estimate of drug-likeness (QED) is 0.481. The van der Waals surface area contributed by atoms with Crippen molar-refractivity contribution in [3.63, 3.8) is 0 Å². The van der Waals surface area contributed by atoms with Gasteiger partial charge in [-0.05, 0) is 68.5 Å². The van der Waals surface area contributed by atoms with Crippen LogP contribution >= 0.6 is 31.9 Å². The van der Waals surface area contributed by atoms with E-state index in [0.29, 0.717) is 33.5 Å². The molecule has 23 heavy (non-hydrogen) atoms. The number of carbonyl (C=O) groups is 1. The highest BCUT2D eigenvalue weighted by Crippen LogP contribution is 2.42. The topological polar surface area (TPSA) is 72.5 Å². The summed E-state index contributed by atoms with van der Waals surface area (Å²) in [5, 5.41) is 10.1. The zero-order valence-corrected chi connectivity index (χ0v) is 16.2. The lowest BCUT2D eigenvalue weighted by Crippen LogP contribution is -1.98. The highest BCUT2D eigenvalue weighted by atomic mass is 79.9. The molecule has 0 spiro atoms. The first-order chi connectivity index (χ1) is 10.8. The van der Waals surface area contributed by atoms with Crippen LogP contribution < -0.4 is 10.5 Å². The molecule has 0 amide bonds. The maximum atomic E-state index is 11.2. The van der Waals surface area contributed by atoms with Crippen molar-refractivity contribution >= 4 is 43.8 Å². The summed E-state index contributed by atoms with van der Waals surface area (Å²) in [6.45, 7) is 5.76. The molecule has 0 bridgehead atoms. The predicted molar refractivity (Wildman–Crippen MR) is 98.6 cm³/mol. The van der Waals surface area contributed by atoms with Crippen LogP contribution in [0.15, 0.2) is 27.1 Å². The fourth-order valence-electron chi connectivity index (χ4n) is 2.16. The van der Waals surface area contributed by atoms with Gasteiger partial charge in [0.15, 0.2) is 12.0 Å². The van der Waals surface area contributed by atoms with Gasteiger partial charge in [-0.15, -0.1) is 0 Å². The standard InChI is InChI=1S/C17H17Br2NO3/c1-8(2)12-5-11(4-10(7-21)16(12)22)23-17-13(18)6-14(20)9(3)15(17)19/h4-8,22H,20H2,1-3H3. The molecule has 122 valence electrons. The maximum absolute atomic E-state index is 11.2. The average Bonchev–Trinajstić information content (AvgIpc) is 2.50. The van der Waals surface area contributed by atoms with E-state index in [4.69, 9.17) is 10.5 Å². The molecular formula is C17H17Br2NO3. The van der Waals surface area contributed by atoms with Crippen LogP contribution in [0.2, 0.25) is 0 Å². The molecule has 0 unspecified atom stereocenters. The summed E-state index contributed by atoms with van der Waals surface area (Å²) >= 11 is 6.92. The number of aldehydes is 1. The molecule has 6 heteroatoms. The fourth-order valence-corrected chi connectivity index (χ4v) is 3.48. The molecule has 2 aromatic carbocycles. The Kier molecular flexibility index (Phi) is 5.37. The molecule has 0 heterocycles. The molecule has 3 N–H and O–H groups in total. The second kappa shape index (κ2) is 6.93. The number of carbonyl (C=O) groups excluding carboxylic acids is 1. The summed E-state index contributed by atoms with van der Waals surface area (Å²) in [7, 11) is 0. The lowest BCUT2D eigenvalue weighted by atomic mass is 9.99. The average molecular weight is 443 g/mol. The fraction of sp³-hybridized carbons (Fsp3) is 0.235. The van der Waals surface area contributed by atoms with Gasteiger partial charge in [-0.25, -0.2) is 0 Å². The van der Waals surface area contributed by atoms with Gasteiger partial charge in [0.2, 0.25) is 0 Å². The summed E-state index contributed by atoms with van der Waals surface area (Å²) in [5.74, 6) is 1.08. The van der Waals surface area contributed by atoms with Crippen molar-refractivity contribution in [1.29, 1.82) is 0 Å². The Bertz CT molecular complexity index is 773. The molecule has 0 saturated heterocycles. The van der Waals surface area contributed by atoms with Crippen molar-refractivity contribution in [2.75, 3.05) is 5.73 Å². The number of aromatic hydroxyl groups is 1. The van der Waals surface area contributed by atoms with Crippen molar-refractivity contribution in [3.05, 3.63) is 43.8 Å². The number of ether oxygens (including phenoxy) is 1. The number of nitrogens with two attached hydrogens (primary N) is 1. The Morgan fingerprint density at radius 1 is 1.26 bits per heavy atom. The molecule has 0 fully saturated rings. The van der Waals surface area contributed by atoms with E-state index in [1.54, 1.807) is 12.1 Å². The van der Waals surface area contributed by atoms with Crippen LogP contribution in [-0.4, -0.2) is 11.4 Å². The zero-order valence-electron chi connectivity index (χ0n) is 13.0. The van der Waals surface area contributed by atoms with Gasteiger partial charge < -0.3 is 15.6 Å². The molecule has 0 aliphatic rings. The lowest BCUT2D eigenvalue weighted by Gasteiger charge is -2.16. The first-order valence-electron chi connectivity index (χ1n) is 7.00. The van der Waals surface area contributed by atoms with Crippen LogP contribution in [0.3, 0.4) is 0 Å². The number of halogens is 2. The molecule has 2 rings (SSSR count). The van der Waals surface area contributed by atoms with Crippen molar-refractivity contribution < 1.29 is 14.6 Å². The highest BCUT2D eigenvalue weighted by Gasteiger charge is 2.17. The monoisotopic (exact) mass is 441 g/mol. The second-order valence-electron chi connectivity index (χ2n) is 5.54. The minimum Gasteiger partial charge on any atom is -0.507 e. The molecule has 0 atom stereocenters. The molecule has 0 aromatic heterocycles. The van der Waals surface area contributed by atoms with Gasteiger partial charge in [-0.3, -0.25) is 4.79 Å². The first kappa shape index (κ1) is 17.8. The van der Waals surface area contributed by atoms with Crippen LogP contribution in [0, 0.1) is 6.92 Å². The molecule has 0 aliphatic carbocycles. The molecular weight excluding hydrogens is 426 g/mol. The Labute approximate surface area is 151 Å². The summed E-state index contributed by atoms with van der Waals surface area (Å²) < 4.78 is 7.37. The second-order valence-corrected chi connectivity index (χ2v) is 7.19. The van der Waals surface area contributed by atoms with E-state index in [1.165, 1.54) is 6.07 Å². The number of phenols is 1. The number of hydrogen-bond donors (Lipinski definition) is 2. The third-order valence-corrected chi connectivity index (χ3v) is 5.12. The number of benzene rings is 2. The van der Waals surface area contributed by atoms with E-state index < -0.39 is 0 Å². The molecule has 0 aliphatic heterocycles. The number of anilines is 1. The van der Waals surface area contributed by atoms with Crippen LogP contribution in [0.5, 0.6) is 17.2 Å². The van der Waals surface area contributed by atoms with Crippen molar-refractivity contribution in [3.8, 4) is 17.2 Å². The van der Waals surface area contributed by atoms with Crippen molar-refractivity contribution in [2.45, 2.75) is 26.7 Å². The van der Waals surface area contributed by atoms with Gasteiger partial charge in [0.05, 0.1) is 14.5 Å². The molecule has 4 nitrogen and oxygen atoms in total.